The molecule has 0 atom stereocenters. The van der Waals surface area contributed by atoms with Gasteiger partial charge in [-0.15, -0.1) is 11.3 Å². The second-order valence-electron chi connectivity index (χ2n) is 6.71. The summed E-state index contributed by atoms with van der Waals surface area (Å²) in [6, 6.07) is 19.6. The number of nitrogens with one attached hydrogen (secondary N) is 2. The number of pyridine rings is 1. The van der Waals surface area contributed by atoms with Gasteiger partial charge in [-0.1, -0.05) is 24.3 Å². The Bertz CT molecular complexity index is 1130. The molecule has 0 unspecified atom stereocenters. The average molecular weight is 433 g/mol. The largest absolute Gasteiger partial charge is 0.467 e. The minimum atomic E-state index is -0.366. The van der Waals surface area contributed by atoms with E-state index < -0.39 is 0 Å². The molecule has 8 heteroatoms. The fourth-order valence-corrected chi connectivity index (χ4v) is 3.84. The number of rotatable bonds is 7. The number of carbonyl (C=O) groups excluding carboxylic acids is 2. The molecule has 0 aliphatic carbocycles. The number of para-hydroxylation sites is 1. The number of furan rings is 1. The summed E-state index contributed by atoms with van der Waals surface area (Å²) < 4.78 is 5.43. The van der Waals surface area contributed by atoms with Crippen molar-refractivity contribution in [1.82, 2.24) is 9.88 Å². The van der Waals surface area contributed by atoms with Crippen LogP contribution in [0, 0.1) is 0 Å². The van der Waals surface area contributed by atoms with E-state index in [-0.39, 0.29) is 11.9 Å². The van der Waals surface area contributed by atoms with Crippen molar-refractivity contribution in [3.05, 3.63) is 102 Å². The maximum Gasteiger partial charge on any atom is 0.324 e. The number of aromatic nitrogens is 1. The zero-order chi connectivity index (χ0) is 21.5. The highest BCUT2D eigenvalue weighted by molar-refractivity contribution is 7.18. The number of anilines is 2. The van der Waals surface area contributed by atoms with Gasteiger partial charge in [-0.25, -0.2) is 4.79 Å². The maximum absolute atomic E-state index is 13.2. The first-order valence-corrected chi connectivity index (χ1v) is 10.4. The first kappa shape index (κ1) is 20.4. The number of urea groups is 1. The standard InChI is InChI=1S/C23H20N4O3S/c28-22(27(16-19-9-5-13-30-19)15-17-6-4-12-24-14-17)20-10-11-21(31-20)26-23(29)25-18-7-2-1-3-8-18/h1-14H,15-16H2,(H2,25,26,29). The molecule has 0 saturated carbocycles. The number of thiophene rings is 1. The molecule has 4 aromatic rings. The Morgan fingerprint density at radius 2 is 1.81 bits per heavy atom. The summed E-state index contributed by atoms with van der Waals surface area (Å²) in [5.41, 5.74) is 1.61. The van der Waals surface area contributed by atoms with Gasteiger partial charge in [0.15, 0.2) is 0 Å². The second-order valence-corrected chi connectivity index (χ2v) is 7.79. The topological polar surface area (TPSA) is 87.5 Å². The quantitative estimate of drug-likeness (QED) is 0.419. The molecule has 0 spiro atoms. The Balaban J connectivity index is 1.45. The van der Waals surface area contributed by atoms with E-state index in [2.05, 4.69) is 15.6 Å². The van der Waals surface area contributed by atoms with Crippen molar-refractivity contribution in [2.24, 2.45) is 0 Å². The summed E-state index contributed by atoms with van der Waals surface area (Å²) >= 11 is 1.22. The van der Waals surface area contributed by atoms with Crippen molar-refractivity contribution in [3.63, 3.8) is 0 Å². The molecule has 0 aliphatic heterocycles. The third-order valence-electron chi connectivity index (χ3n) is 4.40. The van der Waals surface area contributed by atoms with Crippen LogP contribution in [0.1, 0.15) is 21.0 Å². The lowest BCUT2D eigenvalue weighted by atomic mass is 10.2. The maximum atomic E-state index is 13.2. The second kappa shape index (κ2) is 9.73. The fraction of sp³-hybridized carbons (Fsp3) is 0.0870. The number of amides is 3. The molecule has 3 amide bonds. The molecule has 156 valence electrons. The number of benzene rings is 1. The first-order chi connectivity index (χ1) is 15.2. The van der Waals surface area contributed by atoms with Crippen LogP contribution in [0.5, 0.6) is 0 Å². The summed E-state index contributed by atoms with van der Waals surface area (Å²) in [4.78, 5) is 31.8. The predicted molar refractivity (Wildman–Crippen MR) is 120 cm³/mol. The van der Waals surface area contributed by atoms with Crippen LogP contribution in [0.25, 0.3) is 0 Å². The van der Waals surface area contributed by atoms with Crippen molar-refractivity contribution in [2.75, 3.05) is 10.6 Å². The van der Waals surface area contributed by atoms with E-state index in [0.29, 0.717) is 34.4 Å². The van der Waals surface area contributed by atoms with Gasteiger partial charge in [0.1, 0.15) is 5.76 Å². The molecule has 1 aromatic carbocycles. The third-order valence-corrected chi connectivity index (χ3v) is 5.38. The molecule has 0 radical (unpaired) electrons. The zero-order valence-electron chi connectivity index (χ0n) is 16.5. The van der Waals surface area contributed by atoms with E-state index in [1.165, 1.54) is 11.3 Å². The van der Waals surface area contributed by atoms with Crippen molar-refractivity contribution in [3.8, 4) is 0 Å². The molecule has 3 heterocycles. The smallest absolute Gasteiger partial charge is 0.324 e. The van der Waals surface area contributed by atoms with Crippen LogP contribution in [0.3, 0.4) is 0 Å². The molecular weight excluding hydrogens is 412 g/mol. The lowest BCUT2D eigenvalue weighted by Gasteiger charge is -2.21. The minimum absolute atomic E-state index is 0.151. The van der Waals surface area contributed by atoms with E-state index in [0.717, 1.165) is 5.56 Å². The number of hydrogen-bond donors (Lipinski definition) is 2. The van der Waals surface area contributed by atoms with Crippen LogP contribution in [-0.2, 0) is 13.1 Å². The van der Waals surface area contributed by atoms with E-state index >= 15 is 0 Å². The summed E-state index contributed by atoms with van der Waals surface area (Å²) in [7, 11) is 0. The summed E-state index contributed by atoms with van der Waals surface area (Å²) in [5.74, 6) is 0.538. The Kier molecular flexibility index (Phi) is 6.39. The molecule has 31 heavy (non-hydrogen) atoms. The van der Waals surface area contributed by atoms with Crippen LogP contribution in [0.2, 0.25) is 0 Å². The van der Waals surface area contributed by atoms with Crippen molar-refractivity contribution in [2.45, 2.75) is 13.1 Å². The number of hydrogen-bond acceptors (Lipinski definition) is 5. The Hall–Kier alpha value is -3.91. The van der Waals surface area contributed by atoms with Crippen LogP contribution >= 0.6 is 11.3 Å². The van der Waals surface area contributed by atoms with Gasteiger partial charge < -0.3 is 14.6 Å². The summed E-state index contributed by atoms with van der Waals surface area (Å²) in [6.45, 7) is 0.721. The van der Waals surface area contributed by atoms with Gasteiger partial charge in [0, 0.05) is 24.6 Å². The highest BCUT2D eigenvalue weighted by Crippen LogP contribution is 2.25. The molecule has 2 N–H and O–H groups in total. The average Bonchev–Trinajstić information content (AvgIpc) is 3.46. The van der Waals surface area contributed by atoms with E-state index in [4.69, 9.17) is 4.42 Å². The molecule has 0 fully saturated rings. The van der Waals surface area contributed by atoms with Crippen LogP contribution in [0.15, 0.2) is 89.8 Å². The monoisotopic (exact) mass is 432 g/mol. The molecule has 3 aromatic heterocycles. The lowest BCUT2D eigenvalue weighted by molar-refractivity contribution is 0.0722. The first-order valence-electron chi connectivity index (χ1n) is 9.61. The molecular formula is C23H20N4O3S. The molecule has 7 nitrogen and oxygen atoms in total. The summed E-state index contributed by atoms with van der Waals surface area (Å²) in [5, 5.41) is 6.10. The lowest BCUT2D eigenvalue weighted by Crippen LogP contribution is -2.29. The van der Waals surface area contributed by atoms with Gasteiger partial charge in [-0.05, 0) is 48.0 Å². The van der Waals surface area contributed by atoms with Crippen molar-refractivity contribution >= 4 is 34.0 Å². The third kappa shape index (κ3) is 5.58. The van der Waals surface area contributed by atoms with Gasteiger partial charge in [-0.2, -0.15) is 0 Å². The summed E-state index contributed by atoms with van der Waals surface area (Å²) in [6.07, 6.45) is 5.01. The SMILES string of the molecule is O=C(Nc1ccccc1)Nc1ccc(C(=O)N(Cc2cccnc2)Cc2ccco2)s1. The zero-order valence-corrected chi connectivity index (χ0v) is 17.3. The Labute approximate surface area is 183 Å². The minimum Gasteiger partial charge on any atom is -0.467 e. The van der Waals surface area contributed by atoms with E-state index in [1.54, 1.807) is 53.9 Å². The van der Waals surface area contributed by atoms with Crippen molar-refractivity contribution < 1.29 is 14.0 Å². The van der Waals surface area contributed by atoms with Crippen molar-refractivity contribution in [1.29, 1.82) is 0 Å². The number of nitrogens with zero attached hydrogens (tertiary/aromatic N) is 2. The highest BCUT2D eigenvalue weighted by Gasteiger charge is 2.20. The highest BCUT2D eigenvalue weighted by atomic mass is 32.1. The fourth-order valence-electron chi connectivity index (χ4n) is 2.97. The van der Waals surface area contributed by atoms with Gasteiger partial charge in [0.05, 0.1) is 22.7 Å². The Morgan fingerprint density at radius 3 is 2.55 bits per heavy atom. The Morgan fingerprint density at radius 1 is 0.935 bits per heavy atom. The van der Waals surface area contributed by atoms with Crippen LogP contribution in [0.4, 0.5) is 15.5 Å². The predicted octanol–water partition coefficient (Wildman–Crippen LogP) is 5.22. The van der Waals surface area contributed by atoms with E-state index in [9.17, 15) is 9.59 Å². The molecule has 0 bridgehead atoms. The van der Waals surface area contributed by atoms with Crippen LogP contribution < -0.4 is 10.6 Å². The molecule has 0 saturated heterocycles. The number of carbonyl (C=O) groups is 2. The molecule has 0 aliphatic rings. The van der Waals surface area contributed by atoms with Gasteiger partial charge in [0.2, 0.25) is 0 Å². The molecule has 4 rings (SSSR count). The normalized spacial score (nSPS) is 10.5. The van der Waals surface area contributed by atoms with Crippen LogP contribution in [-0.4, -0.2) is 21.8 Å². The van der Waals surface area contributed by atoms with Gasteiger partial charge >= 0.3 is 6.03 Å². The van der Waals surface area contributed by atoms with Gasteiger partial charge in [0.25, 0.3) is 5.91 Å². The van der Waals surface area contributed by atoms with E-state index in [1.807, 2.05) is 36.4 Å². The van der Waals surface area contributed by atoms with Gasteiger partial charge in [-0.3, -0.25) is 15.1 Å².